The van der Waals surface area contributed by atoms with Crippen molar-refractivity contribution >= 4 is 5.69 Å². The van der Waals surface area contributed by atoms with E-state index in [2.05, 4.69) is 42.3 Å². The zero-order chi connectivity index (χ0) is 14.5. The fourth-order valence-corrected chi connectivity index (χ4v) is 2.83. The lowest BCUT2D eigenvalue weighted by atomic mass is 9.95. The average molecular weight is 278 g/mol. The van der Waals surface area contributed by atoms with Crippen LogP contribution in [0.15, 0.2) is 18.2 Å². The van der Waals surface area contributed by atoms with Crippen molar-refractivity contribution in [1.82, 2.24) is 5.32 Å². The van der Waals surface area contributed by atoms with E-state index in [0.29, 0.717) is 25.7 Å². The van der Waals surface area contributed by atoms with E-state index in [1.54, 1.807) is 0 Å². The van der Waals surface area contributed by atoms with Crippen molar-refractivity contribution in [3.05, 3.63) is 29.3 Å². The van der Waals surface area contributed by atoms with E-state index >= 15 is 0 Å². The van der Waals surface area contributed by atoms with Gasteiger partial charge in [-0.3, -0.25) is 0 Å². The first-order valence-electron chi connectivity index (χ1n) is 7.47. The van der Waals surface area contributed by atoms with Crippen LogP contribution in [0, 0.1) is 6.92 Å². The number of aliphatic hydroxyl groups excluding tert-OH is 2. The standard InChI is InChI=1S/C16H26N2O2/c1-12-3-5-14-6-4-13(2)18(16(14)9-12)11-15(20)10-17-7-8-19/h3,5,9,13,15,17,19-20H,4,6-8,10-11H2,1-2H3. The number of aliphatic hydroxyl groups is 2. The normalized spacial score (nSPS) is 19.8. The van der Waals surface area contributed by atoms with Gasteiger partial charge in [0.05, 0.1) is 12.7 Å². The molecule has 0 aliphatic carbocycles. The topological polar surface area (TPSA) is 55.7 Å². The maximum atomic E-state index is 10.2. The van der Waals surface area contributed by atoms with Crippen molar-refractivity contribution in [2.45, 2.75) is 38.8 Å². The van der Waals surface area contributed by atoms with Gasteiger partial charge in [0.25, 0.3) is 0 Å². The highest BCUT2D eigenvalue weighted by atomic mass is 16.3. The van der Waals surface area contributed by atoms with Crippen molar-refractivity contribution in [1.29, 1.82) is 0 Å². The summed E-state index contributed by atoms with van der Waals surface area (Å²) < 4.78 is 0. The van der Waals surface area contributed by atoms with E-state index in [1.165, 1.54) is 16.8 Å². The summed E-state index contributed by atoms with van der Waals surface area (Å²) >= 11 is 0. The molecule has 1 aromatic rings. The summed E-state index contributed by atoms with van der Waals surface area (Å²) in [6, 6.07) is 7.04. The second-order valence-electron chi connectivity index (χ2n) is 5.75. The molecule has 20 heavy (non-hydrogen) atoms. The van der Waals surface area contributed by atoms with E-state index in [9.17, 15) is 5.11 Å². The molecule has 0 bridgehead atoms. The number of nitrogens with zero attached hydrogens (tertiary/aromatic N) is 1. The van der Waals surface area contributed by atoms with Crippen LogP contribution in [-0.4, -0.2) is 48.6 Å². The van der Waals surface area contributed by atoms with Crippen LogP contribution in [0.4, 0.5) is 5.69 Å². The lowest BCUT2D eigenvalue weighted by Crippen LogP contribution is -2.45. The zero-order valence-corrected chi connectivity index (χ0v) is 12.5. The van der Waals surface area contributed by atoms with Crippen molar-refractivity contribution < 1.29 is 10.2 Å². The molecule has 0 saturated heterocycles. The number of β-amino-alcohol motifs (C(OH)–C–C–N with tert-alkyl or cyclic N) is 1. The monoisotopic (exact) mass is 278 g/mol. The molecule has 1 aromatic carbocycles. The third kappa shape index (κ3) is 3.72. The minimum atomic E-state index is -0.421. The molecule has 1 aliphatic heterocycles. The molecule has 0 spiro atoms. The highest BCUT2D eigenvalue weighted by molar-refractivity contribution is 5.58. The van der Waals surface area contributed by atoms with Crippen LogP contribution in [-0.2, 0) is 6.42 Å². The largest absolute Gasteiger partial charge is 0.395 e. The van der Waals surface area contributed by atoms with Gasteiger partial charge in [-0.2, -0.15) is 0 Å². The smallest absolute Gasteiger partial charge is 0.0839 e. The van der Waals surface area contributed by atoms with Gasteiger partial charge in [0.2, 0.25) is 0 Å². The molecule has 4 heteroatoms. The van der Waals surface area contributed by atoms with Crippen LogP contribution in [0.2, 0.25) is 0 Å². The van der Waals surface area contributed by atoms with E-state index in [0.717, 1.165) is 12.8 Å². The molecule has 2 atom stereocenters. The van der Waals surface area contributed by atoms with Crippen molar-refractivity contribution in [3.8, 4) is 0 Å². The molecule has 112 valence electrons. The average Bonchev–Trinajstić information content (AvgIpc) is 2.42. The maximum absolute atomic E-state index is 10.2. The Morgan fingerprint density at radius 1 is 1.45 bits per heavy atom. The Bertz CT molecular complexity index is 436. The molecule has 0 saturated carbocycles. The number of aryl methyl sites for hydroxylation is 2. The van der Waals surface area contributed by atoms with Gasteiger partial charge in [-0.15, -0.1) is 0 Å². The fourth-order valence-electron chi connectivity index (χ4n) is 2.83. The van der Waals surface area contributed by atoms with E-state index < -0.39 is 6.10 Å². The number of hydrogen-bond acceptors (Lipinski definition) is 4. The predicted octanol–water partition coefficient (Wildman–Crippen LogP) is 1.08. The van der Waals surface area contributed by atoms with Crippen molar-refractivity contribution in [2.75, 3.05) is 31.1 Å². The summed E-state index contributed by atoms with van der Waals surface area (Å²) in [7, 11) is 0. The first-order chi connectivity index (χ1) is 9.61. The fraction of sp³-hybridized carbons (Fsp3) is 0.625. The first kappa shape index (κ1) is 15.3. The number of nitrogens with one attached hydrogen (secondary N) is 1. The minimum absolute atomic E-state index is 0.106. The van der Waals surface area contributed by atoms with Gasteiger partial charge < -0.3 is 20.4 Å². The van der Waals surface area contributed by atoms with Gasteiger partial charge in [-0.25, -0.2) is 0 Å². The zero-order valence-electron chi connectivity index (χ0n) is 12.5. The summed E-state index contributed by atoms with van der Waals surface area (Å²) in [6.45, 7) is 6.12. The Balaban J connectivity index is 2.05. The minimum Gasteiger partial charge on any atom is -0.395 e. The summed E-state index contributed by atoms with van der Waals surface area (Å²) in [5.41, 5.74) is 3.91. The quantitative estimate of drug-likeness (QED) is 0.682. The molecule has 1 aliphatic rings. The van der Waals surface area contributed by atoms with Crippen LogP contribution in [0.3, 0.4) is 0 Å². The van der Waals surface area contributed by atoms with Gasteiger partial charge in [0, 0.05) is 31.4 Å². The number of fused-ring (bicyclic) bond motifs is 1. The molecule has 0 aromatic heterocycles. The Morgan fingerprint density at radius 2 is 2.25 bits per heavy atom. The Kier molecular flexibility index (Phi) is 5.40. The molecule has 0 radical (unpaired) electrons. The van der Waals surface area contributed by atoms with Gasteiger partial charge >= 0.3 is 0 Å². The molecule has 4 nitrogen and oxygen atoms in total. The summed E-state index contributed by atoms with van der Waals surface area (Å²) in [5.74, 6) is 0. The van der Waals surface area contributed by atoms with Gasteiger partial charge in [-0.1, -0.05) is 12.1 Å². The third-order valence-electron chi connectivity index (χ3n) is 3.99. The second kappa shape index (κ2) is 7.07. The van der Waals surface area contributed by atoms with Gasteiger partial charge in [-0.05, 0) is 43.9 Å². The Labute approximate surface area is 121 Å². The highest BCUT2D eigenvalue weighted by Crippen LogP contribution is 2.31. The molecule has 3 N–H and O–H groups in total. The van der Waals surface area contributed by atoms with E-state index in [4.69, 9.17) is 5.11 Å². The van der Waals surface area contributed by atoms with Crippen LogP contribution in [0.1, 0.15) is 24.5 Å². The lowest BCUT2D eigenvalue weighted by Gasteiger charge is -2.38. The van der Waals surface area contributed by atoms with Gasteiger partial charge in [0.15, 0.2) is 0 Å². The summed E-state index contributed by atoms with van der Waals surface area (Å²) in [4.78, 5) is 2.32. The molecular weight excluding hydrogens is 252 g/mol. The van der Waals surface area contributed by atoms with Crippen LogP contribution in [0.5, 0.6) is 0 Å². The summed E-state index contributed by atoms with van der Waals surface area (Å²) in [6.07, 6.45) is 1.83. The first-order valence-corrected chi connectivity index (χ1v) is 7.47. The van der Waals surface area contributed by atoms with Crippen molar-refractivity contribution in [2.24, 2.45) is 0 Å². The summed E-state index contributed by atoms with van der Waals surface area (Å²) in [5, 5.41) is 22.0. The lowest BCUT2D eigenvalue weighted by molar-refractivity contribution is 0.169. The number of hydrogen-bond donors (Lipinski definition) is 3. The third-order valence-corrected chi connectivity index (χ3v) is 3.99. The Morgan fingerprint density at radius 3 is 3.00 bits per heavy atom. The molecular formula is C16H26N2O2. The molecule has 2 unspecified atom stereocenters. The molecule has 1 heterocycles. The predicted molar refractivity (Wildman–Crippen MR) is 82.3 cm³/mol. The molecule has 2 rings (SSSR count). The maximum Gasteiger partial charge on any atom is 0.0839 e. The number of anilines is 1. The SMILES string of the molecule is Cc1ccc2c(c1)N(CC(O)CNCCO)C(C)CC2. The number of benzene rings is 1. The Hall–Kier alpha value is -1.10. The number of rotatable bonds is 6. The second-order valence-corrected chi connectivity index (χ2v) is 5.75. The van der Waals surface area contributed by atoms with Crippen LogP contribution in [0.25, 0.3) is 0 Å². The van der Waals surface area contributed by atoms with Gasteiger partial charge in [0.1, 0.15) is 0 Å². The highest BCUT2D eigenvalue weighted by Gasteiger charge is 2.24. The van der Waals surface area contributed by atoms with Crippen LogP contribution < -0.4 is 10.2 Å². The van der Waals surface area contributed by atoms with E-state index in [1.807, 2.05) is 0 Å². The molecule has 0 amide bonds. The molecule has 0 fully saturated rings. The van der Waals surface area contributed by atoms with Crippen LogP contribution >= 0.6 is 0 Å². The van der Waals surface area contributed by atoms with Crippen molar-refractivity contribution in [3.63, 3.8) is 0 Å². The van der Waals surface area contributed by atoms with E-state index in [-0.39, 0.29) is 6.61 Å².